The summed E-state index contributed by atoms with van der Waals surface area (Å²) < 4.78 is 7.22. The summed E-state index contributed by atoms with van der Waals surface area (Å²) in [5.41, 5.74) is 0.136. The van der Waals surface area contributed by atoms with Gasteiger partial charge < -0.3 is 15.2 Å². The molecule has 0 aliphatic heterocycles. The van der Waals surface area contributed by atoms with E-state index in [1.807, 2.05) is 6.07 Å². The van der Waals surface area contributed by atoms with Gasteiger partial charge in [0.2, 0.25) is 5.91 Å². The molecule has 1 amide bonds. The molecule has 4 saturated carbocycles. The van der Waals surface area contributed by atoms with Gasteiger partial charge in [0.05, 0.1) is 22.7 Å². The number of esters is 1. The first-order chi connectivity index (χ1) is 19.9. The number of thiophene rings is 1. The monoisotopic (exact) mass is 663 g/mol. The molecule has 0 saturated heterocycles. The van der Waals surface area contributed by atoms with Crippen LogP contribution in [-0.2, 0) is 23.9 Å². The van der Waals surface area contributed by atoms with Crippen LogP contribution in [0.1, 0.15) is 115 Å². The maximum absolute atomic E-state index is 13.1. The van der Waals surface area contributed by atoms with Gasteiger partial charge in [0, 0.05) is 30.1 Å². The molecule has 9 atom stereocenters. The van der Waals surface area contributed by atoms with Crippen molar-refractivity contribution >= 4 is 50.9 Å². The van der Waals surface area contributed by atoms with Crippen molar-refractivity contribution < 1.29 is 29.0 Å². The van der Waals surface area contributed by atoms with Gasteiger partial charge in [-0.05, 0) is 114 Å². The van der Waals surface area contributed by atoms with Gasteiger partial charge in [0.1, 0.15) is 11.9 Å². The summed E-state index contributed by atoms with van der Waals surface area (Å²) in [5.74, 6) is 0.619. The molecule has 0 radical (unpaired) electrons. The molecule has 0 bridgehead atoms. The fraction of sp³-hybridized carbons (Fsp3) is 0.758. The molecule has 0 spiro atoms. The van der Waals surface area contributed by atoms with Crippen LogP contribution in [0.5, 0.6) is 0 Å². The Hall–Kier alpha value is -1.74. The SMILES string of the molecule is CC[C@@H](NC(=O)CC[C@H]1CC[C@H]2[C@@H]3[C@H](OC(=O)CCC(=O)O)C[C@@H]4CC(=O)CC[C@]4(C)[C@H]3CC[C@]12C)c1ccc(Br)s1. The molecule has 5 rings (SSSR count). The van der Waals surface area contributed by atoms with Gasteiger partial charge in [-0.1, -0.05) is 20.8 Å². The summed E-state index contributed by atoms with van der Waals surface area (Å²) in [5, 5.41) is 12.4. The molecule has 4 aliphatic carbocycles. The molecule has 7 nitrogen and oxygen atoms in total. The molecule has 2 N–H and O–H groups in total. The smallest absolute Gasteiger partial charge is 0.306 e. The lowest BCUT2D eigenvalue weighted by Gasteiger charge is -2.62. The number of Topliss-reactive ketones (excluding diaryl/α,β-unsaturated/α-hetero) is 1. The number of fused-ring (bicyclic) bond motifs is 5. The number of carboxylic acids is 1. The highest BCUT2D eigenvalue weighted by molar-refractivity contribution is 9.11. The van der Waals surface area contributed by atoms with Crippen LogP contribution in [0, 0.1) is 40.4 Å². The molecule has 1 heterocycles. The molecular weight excluding hydrogens is 618 g/mol. The summed E-state index contributed by atoms with van der Waals surface area (Å²) in [6.07, 6.45) is 8.68. The lowest BCUT2D eigenvalue weighted by Crippen LogP contribution is -2.59. The minimum Gasteiger partial charge on any atom is -0.481 e. The van der Waals surface area contributed by atoms with Crippen molar-refractivity contribution in [3.63, 3.8) is 0 Å². The van der Waals surface area contributed by atoms with Crippen molar-refractivity contribution in [3.8, 4) is 0 Å². The zero-order valence-electron chi connectivity index (χ0n) is 25.2. The first-order valence-electron chi connectivity index (χ1n) is 15.9. The average Bonchev–Trinajstić information content (AvgIpc) is 3.52. The Balaban J connectivity index is 1.30. The van der Waals surface area contributed by atoms with Crippen LogP contribution in [0.4, 0.5) is 0 Å². The fourth-order valence-electron chi connectivity index (χ4n) is 9.59. The number of aliphatic carboxylic acids is 1. The van der Waals surface area contributed by atoms with Crippen molar-refractivity contribution in [3.05, 3.63) is 20.8 Å². The lowest BCUT2D eigenvalue weighted by atomic mass is 9.44. The van der Waals surface area contributed by atoms with Crippen molar-refractivity contribution in [2.24, 2.45) is 40.4 Å². The van der Waals surface area contributed by atoms with E-state index in [0.29, 0.717) is 49.2 Å². The number of amides is 1. The fourth-order valence-corrected chi connectivity index (χ4v) is 11.2. The third-order valence-electron chi connectivity index (χ3n) is 11.9. The van der Waals surface area contributed by atoms with Crippen LogP contribution < -0.4 is 5.32 Å². The van der Waals surface area contributed by atoms with Crippen LogP contribution >= 0.6 is 27.3 Å². The van der Waals surface area contributed by atoms with Gasteiger partial charge in [-0.15, -0.1) is 11.3 Å². The first-order valence-corrected chi connectivity index (χ1v) is 17.5. The number of rotatable bonds is 10. The molecule has 4 fully saturated rings. The molecule has 0 aromatic carbocycles. The van der Waals surface area contributed by atoms with Crippen LogP contribution in [0.3, 0.4) is 0 Å². The Morgan fingerprint density at radius 2 is 1.86 bits per heavy atom. The Kier molecular flexibility index (Phi) is 9.58. The normalized spacial score (nSPS) is 36.3. The van der Waals surface area contributed by atoms with Crippen molar-refractivity contribution in [1.29, 1.82) is 0 Å². The second-order valence-electron chi connectivity index (χ2n) is 13.9. The number of halogens is 1. The Morgan fingerprint density at radius 1 is 1.10 bits per heavy atom. The maximum atomic E-state index is 13.1. The number of carbonyl (C=O) groups excluding carboxylic acids is 3. The van der Waals surface area contributed by atoms with Gasteiger partial charge >= 0.3 is 11.9 Å². The van der Waals surface area contributed by atoms with Gasteiger partial charge in [0.15, 0.2) is 0 Å². The number of nitrogens with one attached hydrogen (secondary N) is 1. The molecule has 0 unspecified atom stereocenters. The number of hydrogen-bond acceptors (Lipinski definition) is 6. The van der Waals surface area contributed by atoms with Crippen LogP contribution in [-0.4, -0.2) is 34.8 Å². The predicted octanol–water partition coefficient (Wildman–Crippen LogP) is 7.47. The largest absolute Gasteiger partial charge is 0.481 e. The number of carboxylic acid groups (broad SMARTS) is 1. The molecule has 232 valence electrons. The molecule has 9 heteroatoms. The van der Waals surface area contributed by atoms with Crippen LogP contribution in [0.2, 0.25) is 0 Å². The summed E-state index contributed by atoms with van der Waals surface area (Å²) >= 11 is 5.19. The highest BCUT2D eigenvalue weighted by Gasteiger charge is 2.63. The predicted molar refractivity (Wildman–Crippen MR) is 165 cm³/mol. The molecule has 4 aliphatic rings. The molecule has 1 aromatic heterocycles. The molecule has 42 heavy (non-hydrogen) atoms. The minimum atomic E-state index is -1.000. The van der Waals surface area contributed by atoms with E-state index in [-0.39, 0.29) is 53.6 Å². The number of ether oxygens (including phenoxy) is 1. The maximum Gasteiger partial charge on any atom is 0.306 e. The van der Waals surface area contributed by atoms with Crippen molar-refractivity contribution in [1.82, 2.24) is 5.32 Å². The van der Waals surface area contributed by atoms with E-state index < -0.39 is 11.9 Å². The van der Waals surface area contributed by atoms with Gasteiger partial charge in [-0.25, -0.2) is 0 Å². The number of hydrogen-bond donors (Lipinski definition) is 2. The zero-order chi connectivity index (χ0) is 30.2. The highest BCUT2D eigenvalue weighted by Crippen LogP contribution is 2.68. The second-order valence-corrected chi connectivity index (χ2v) is 16.4. The second kappa shape index (κ2) is 12.7. The van der Waals surface area contributed by atoms with E-state index in [0.717, 1.165) is 48.7 Å². The van der Waals surface area contributed by atoms with Gasteiger partial charge in [-0.3, -0.25) is 19.2 Å². The number of ketones is 1. The average molecular weight is 665 g/mol. The first kappa shape index (κ1) is 31.7. The highest BCUT2D eigenvalue weighted by atomic mass is 79.9. The minimum absolute atomic E-state index is 0.0334. The van der Waals surface area contributed by atoms with Gasteiger partial charge in [-0.2, -0.15) is 0 Å². The summed E-state index contributed by atoms with van der Waals surface area (Å²) in [6, 6.07) is 4.14. The Bertz CT molecular complexity index is 1200. The van der Waals surface area contributed by atoms with Gasteiger partial charge in [0.25, 0.3) is 0 Å². The van der Waals surface area contributed by atoms with Crippen LogP contribution in [0.25, 0.3) is 0 Å². The Morgan fingerprint density at radius 3 is 2.55 bits per heavy atom. The molecule has 1 aromatic rings. The summed E-state index contributed by atoms with van der Waals surface area (Å²) in [7, 11) is 0. The quantitative estimate of drug-likeness (QED) is 0.251. The molecular formula is C33H46BrNO6S. The van der Waals surface area contributed by atoms with Crippen molar-refractivity contribution in [2.45, 2.75) is 116 Å². The summed E-state index contributed by atoms with van der Waals surface area (Å²) in [6.45, 7) is 6.88. The van der Waals surface area contributed by atoms with E-state index in [4.69, 9.17) is 9.84 Å². The number of carbonyl (C=O) groups is 4. The van der Waals surface area contributed by atoms with E-state index in [2.05, 4.69) is 48.1 Å². The van der Waals surface area contributed by atoms with E-state index in [1.165, 1.54) is 4.88 Å². The van der Waals surface area contributed by atoms with E-state index in [1.54, 1.807) is 11.3 Å². The zero-order valence-corrected chi connectivity index (χ0v) is 27.6. The summed E-state index contributed by atoms with van der Waals surface area (Å²) in [4.78, 5) is 50.7. The third kappa shape index (κ3) is 6.24. The van der Waals surface area contributed by atoms with E-state index >= 15 is 0 Å². The third-order valence-corrected chi connectivity index (χ3v) is 13.6. The van der Waals surface area contributed by atoms with E-state index in [9.17, 15) is 19.2 Å². The Labute approximate surface area is 262 Å². The topological polar surface area (TPSA) is 110 Å². The lowest BCUT2D eigenvalue weighted by molar-refractivity contribution is -0.190. The van der Waals surface area contributed by atoms with Crippen LogP contribution in [0.15, 0.2) is 15.9 Å². The standard InChI is InChI=1S/C33H46BrNO6S/c1-4-24(26-8-9-27(34)42-26)35-28(37)10-6-19-5-7-22-31-23(14-16-32(19,22)2)33(3)15-13-21(36)17-20(33)18-25(31)41-30(40)12-11-29(38)39/h8-9,19-20,22-25,31H,4-7,10-18H2,1-3H3,(H,35,37)(H,38,39)/t19-,20+,22+,23+,24-,25-,31+,32-,33+/m1/s1. The van der Waals surface area contributed by atoms with Crippen molar-refractivity contribution in [2.75, 3.05) is 0 Å².